The molecule has 14 heteroatoms. The molecule has 0 bridgehead atoms. The Morgan fingerprint density at radius 1 is 1.02 bits per heavy atom. The fourth-order valence-electron chi connectivity index (χ4n) is 6.34. The van der Waals surface area contributed by atoms with Crippen LogP contribution in [-0.2, 0) is 4.43 Å². The summed E-state index contributed by atoms with van der Waals surface area (Å²) in [6, 6.07) is 8.09. The van der Waals surface area contributed by atoms with E-state index in [-0.39, 0.29) is 45.1 Å². The quantitative estimate of drug-likeness (QED) is 0.156. The summed E-state index contributed by atoms with van der Waals surface area (Å²) >= 11 is 0. The number of fused-ring (bicyclic) bond motifs is 1. The predicted octanol–water partition coefficient (Wildman–Crippen LogP) is 7.10. The summed E-state index contributed by atoms with van der Waals surface area (Å²) in [5, 5.41) is 15.5. The number of benzene rings is 1. The van der Waals surface area contributed by atoms with Gasteiger partial charge in [0.25, 0.3) is 5.91 Å². The fourth-order valence-corrected chi connectivity index (χ4v) is 7.72. The molecular weight excluding hydrogens is 663 g/mol. The monoisotopic (exact) mass is 704 g/mol. The lowest BCUT2D eigenvalue weighted by Crippen LogP contribution is -2.63. The number of carbonyl (C=O) groups is 2. The van der Waals surface area contributed by atoms with E-state index in [0.29, 0.717) is 35.9 Å². The predicted molar refractivity (Wildman–Crippen MR) is 189 cm³/mol. The normalized spacial score (nSPS) is 19.7. The van der Waals surface area contributed by atoms with Crippen LogP contribution in [0.2, 0.25) is 18.1 Å². The molecule has 0 unspecified atom stereocenters. The molecule has 4 aromatic rings. The lowest BCUT2D eigenvalue weighted by molar-refractivity contribution is 0.0553. The number of hydrogen-bond acceptors (Lipinski definition) is 8. The van der Waals surface area contributed by atoms with Crippen LogP contribution in [0.25, 0.3) is 22.2 Å². The number of halogens is 2. The van der Waals surface area contributed by atoms with Crippen molar-refractivity contribution < 1.29 is 32.6 Å². The molecule has 3 aromatic heterocycles. The molecule has 2 aliphatic rings. The van der Waals surface area contributed by atoms with Gasteiger partial charge in [0.15, 0.2) is 8.32 Å². The summed E-state index contributed by atoms with van der Waals surface area (Å²) in [7, 11) is -0.919. The number of piperidine rings is 1. The average Bonchev–Trinajstić information content (AvgIpc) is 3.90. The first-order chi connectivity index (χ1) is 23.6. The average molecular weight is 705 g/mol. The molecule has 1 saturated heterocycles. The Kier molecular flexibility index (Phi) is 9.53. The van der Waals surface area contributed by atoms with Crippen molar-refractivity contribution in [1.82, 2.24) is 20.3 Å². The minimum absolute atomic E-state index is 0.0462. The van der Waals surface area contributed by atoms with E-state index in [1.165, 1.54) is 25.4 Å². The van der Waals surface area contributed by atoms with Crippen molar-refractivity contribution in [2.24, 2.45) is 11.8 Å². The van der Waals surface area contributed by atoms with Gasteiger partial charge in [-0.1, -0.05) is 20.8 Å². The third-order valence-corrected chi connectivity index (χ3v) is 14.6. The molecule has 1 saturated carbocycles. The standard InChI is InChI=1S/C36H42F2N6O5Si/c1-36(2,3)50(5,6)49-33-23(20-7-8-20)18-44(19-30(33)43-35(46)47)31-11-12-39-17-29(31)42-34(45)27-10-9-26-28(41-27)13-21(16-40-26)32-24(37)14-22(48-4)15-25(32)38/h9-17,20,23,30,33,43H,7-8,18-19H2,1-6H3,(H,42,45)(H,46,47)/t23-,30-,33-/m1/s1. The molecule has 1 aliphatic heterocycles. The summed E-state index contributed by atoms with van der Waals surface area (Å²) < 4.78 is 41.6. The van der Waals surface area contributed by atoms with Gasteiger partial charge in [-0.2, -0.15) is 0 Å². The lowest BCUT2D eigenvalue weighted by atomic mass is 9.86. The van der Waals surface area contributed by atoms with Crippen LogP contribution in [-0.4, -0.2) is 72.7 Å². The highest BCUT2D eigenvalue weighted by atomic mass is 28.4. The van der Waals surface area contributed by atoms with Crippen molar-refractivity contribution >= 4 is 42.7 Å². The number of methoxy groups -OCH3 is 1. The van der Waals surface area contributed by atoms with E-state index >= 15 is 0 Å². The van der Waals surface area contributed by atoms with E-state index in [1.54, 1.807) is 24.5 Å². The maximum atomic E-state index is 14.8. The van der Waals surface area contributed by atoms with Gasteiger partial charge in [-0.3, -0.25) is 14.8 Å². The minimum atomic E-state index is -2.24. The van der Waals surface area contributed by atoms with Crippen molar-refractivity contribution in [3.05, 3.63) is 72.3 Å². The van der Waals surface area contributed by atoms with Crippen LogP contribution >= 0.6 is 0 Å². The highest BCUT2D eigenvalue weighted by molar-refractivity contribution is 6.74. The van der Waals surface area contributed by atoms with Crippen molar-refractivity contribution in [1.29, 1.82) is 0 Å². The van der Waals surface area contributed by atoms with E-state index in [9.17, 15) is 23.5 Å². The highest BCUT2D eigenvalue weighted by Gasteiger charge is 2.50. The molecule has 3 atom stereocenters. The van der Waals surface area contributed by atoms with Crippen molar-refractivity contribution in [2.45, 2.75) is 63.9 Å². The number of anilines is 2. The number of aromatic nitrogens is 3. The molecule has 0 radical (unpaired) electrons. The zero-order valence-electron chi connectivity index (χ0n) is 29.0. The molecule has 2 fully saturated rings. The maximum absolute atomic E-state index is 14.8. The van der Waals surface area contributed by atoms with E-state index in [4.69, 9.17) is 9.16 Å². The molecule has 2 amide bonds. The van der Waals surface area contributed by atoms with Gasteiger partial charge < -0.3 is 29.8 Å². The van der Waals surface area contributed by atoms with E-state index in [2.05, 4.69) is 64.4 Å². The van der Waals surface area contributed by atoms with Crippen LogP contribution in [0.1, 0.15) is 44.1 Å². The van der Waals surface area contributed by atoms with Crippen LogP contribution in [0, 0.1) is 23.5 Å². The maximum Gasteiger partial charge on any atom is 0.405 e. The molecule has 11 nitrogen and oxygen atoms in total. The second kappa shape index (κ2) is 13.6. The highest BCUT2D eigenvalue weighted by Crippen LogP contribution is 2.46. The first-order valence-electron chi connectivity index (χ1n) is 16.6. The fraction of sp³-hybridized carbons (Fsp3) is 0.417. The number of hydrogen-bond donors (Lipinski definition) is 3. The molecule has 1 aromatic carbocycles. The Bertz CT molecular complexity index is 1910. The molecule has 4 heterocycles. The third kappa shape index (κ3) is 7.26. The Balaban J connectivity index is 1.27. The first-order valence-corrected chi connectivity index (χ1v) is 19.5. The number of pyridine rings is 3. The number of nitrogens with one attached hydrogen (secondary N) is 2. The van der Waals surface area contributed by atoms with Gasteiger partial charge >= 0.3 is 6.09 Å². The number of amides is 2. The third-order valence-electron chi connectivity index (χ3n) is 10.1. The second-order valence-electron chi connectivity index (χ2n) is 14.6. The molecule has 0 spiro atoms. The molecule has 1 aliphatic carbocycles. The van der Waals surface area contributed by atoms with E-state index in [0.717, 1.165) is 25.0 Å². The SMILES string of the molecule is COc1cc(F)c(-c2cnc3ccc(C(=O)Nc4cnccc4N4C[C@H](C5CC5)[C@@H](O[Si](C)(C)C(C)(C)C)[C@H](NC(=O)O)C4)nc3c2)c(F)c1. The summed E-state index contributed by atoms with van der Waals surface area (Å²) in [5.74, 6) is -1.63. The van der Waals surface area contributed by atoms with Gasteiger partial charge in [0.2, 0.25) is 0 Å². The summed E-state index contributed by atoms with van der Waals surface area (Å²) in [6.45, 7) is 11.8. The Morgan fingerprint density at radius 2 is 1.74 bits per heavy atom. The van der Waals surface area contributed by atoms with Crippen LogP contribution in [0.3, 0.4) is 0 Å². The lowest BCUT2D eigenvalue weighted by Gasteiger charge is -2.49. The number of carbonyl (C=O) groups excluding carboxylic acids is 1. The largest absolute Gasteiger partial charge is 0.497 e. The minimum Gasteiger partial charge on any atom is -0.497 e. The van der Waals surface area contributed by atoms with E-state index < -0.39 is 38.0 Å². The number of rotatable bonds is 9. The van der Waals surface area contributed by atoms with E-state index in [1.807, 2.05) is 0 Å². The van der Waals surface area contributed by atoms with Gasteiger partial charge in [-0.05, 0) is 61.2 Å². The Labute approximate surface area is 290 Å². The zero-order valence-corrected chi connectivity index (χ0v) is 30.0. The first kappa shape index (κ1) is 35.1. The molecule has 3 N–H and O–H groups in total. The molecular formula is C36H42F2N6O5Si. The van der Waals surface area contributed by atoms with Crippen molar-refractivity contribution in [2.75, 3.05) is 30.4 Å². The van der Waals surface area contributed by atoms with Gasteiger partial charge in [-0.15, -0.1) is 0 Å². The molecule has 6 rings (SSSR count). The van der Waals surface area contributed by atoms with Gasteiger partial charge in [0.05, 0.1) is 53.4 Å². The van der Waals surface area contributed by atoms with Crippen LogP contribution in [0.15, 0.2) is 55.0 Å². The van der Waals surface area contributed by atoms with Gasteiger partial charge in [-0.25, -0.2) is 18.6 Å². The summed E-state index contributed by atoms with van der Waals surface area (Å²) in [4.78, 5) is 40.8. The van der Waals surface area contributed by atoms with Crippen LogP contribution < -0.4 is 20.3 Å². The molecule has 50 heavy (non-hydrogen) atoms. The van der Waals surface area contributed by atoms with Crippen molar-refractivity contribution in [3.8, 4) is 16.9 Å². The Hall–Kier alpha value is -4.69. The zero-order chi connectivity index (χ0) is 36.0. The van der Waals surface area contributed by atoms with Crippen LogP contribution in [0.5, 0.6) is 5.75 Å². The topological polar surface area (TPSA) is 139 Å². The number of carboxylic acid groups (broad SMARTS) is 1. The smallest absolute Gasteiger partial charge is 0.405 e. The number of ether oxygens (including phenoxy) is 1. The van der Waals surface area contributed by atoms with Gasteiger partial charge in [0, 0.05) is 49.1 Å². The Morgan fingerprint density at radius 3 is 2.38 bits per heavy atom. The molecule has 264 valence electrons. The van der Waals surface area contributed by atoms with Gasteiger partial charge in [0.1, 0.15) is 23.1 Å². The summed E-state index contributed by atoms with van der Waals surface area (Å²) in [6.07, 6.45) is 5.24. The van der Waals surface area contributed by atoms with Crippen molar-refractivity contribution in [3.63, 3.8) is 0 Å². The summed E-state index contributed by atoms with van der Waals surface area (Å²) in [5.41, 5.74) is 1.77. The second-order valence-corrected chi connectivity index (χ2v) is 19.3. The number of nitrogens with zero attached hydrogens (tertiary/aromatic N) is 4. The van der Waals surface area contributed by atoms with Crippen LogP contribution in [0.4, 0.5) is 25.0 Å².